The van der Waals surface area contributed by atoms with Gasteiger partial charge >= 0.3 is 0 Å². The van der Waals surface area contributed by atoms with E-state index < -0.39 is 6.04 Å². The molecule has 1 amide bonds. The monoisotopic (exact) mass is 326 g/mol. The molecule has 0 unspecified atom stereocenters. The molecule has 2 rings (SSSR count). The van der Waals surface area contributed by atoms with Crippen molar-refractivity contribution in [1.29, 1.82) is 0 Å². The Morgan fingerprint density at radius 3 is 2.90 bits per heavy atom. The van der Waals surface area contributed by atoms with Crippen LogP contribution >= 0.6 is 23.8 Å². The first-order valence-corrected chi connectivity index (χ1v) is 7.18. The molecular weight excluding hydrogens is 312 g/mol. The number of aromatic nitrogens is 3. The van der Waals surface area contributed by atoms with E-state index in [0.29, 0.717) is 27.7 Å². The van der Waals surface area contributed by atoms with Gasteiger partial charge in [-0.2, -0.15) is 5.10 Å². The molecule has 0 aliphatic heterocycles. The fraction of sp³-hybridized carbons (Fsp3) is 0.308. The van der Waals surface area contributed by atoms with Crippen molar-refractivity contribution in [3.63, 3.8) is 0 Å². The molecule has 0 bridgehead atoms. The molecule has 1 aromatic heterocycles. The molecule has 0 fully saturated rings. The molecule has 0 spiro atoms. The van der Waals surface area contributed by atoms with Crippen LogP contribution in [-0.2, 0) is 6.54 Å². The van der Waals surface area contributed by atoms with E-state index in [1.807, 2.05) is 6.92 Å². The quantitative estimate of drug-likeness (QED) is 0.735. The fourth-order valence-electron chi connectivity index (χ4n) is 1.97. The number of nitrogens with one attached hydrogen (secondary N) is 2. The van der Waals surface area contributed by atoms with Gasteiger partial charge in [-0.05, 0) is 31.3 Å². The summed E-state index contributed by atoms with van der Waals surface area (Å²) in [5.74, 6) is 0.0987. The summed E-state index contributed by atoms with van der Waals surface area (Å²) in [7, 11) is 0. The summed E-state index contributed by atoms with van der Waals surface area (Å²) in [5, 5.41) is 19.3. The zero-order chi connectivity index (χ0) is 15.4. The topological polar surface area (TPSA) is 82.9 Å². The maximum atomic E-state index is 12.2. The second kappa shape index (κ2) is 6.84. The Morgan fingerprint density at radius 2 is 2.29 bits per heavy atom. The number of nitrogens with zero attached hydrogens (tertiary/aromatic N) is 2. The van der Waals surface area contributed by atoms with Crippen molar-refractivity contribution in [1.82, 2.24) is 20.1 Å². The number of H-pyrrole nitrogens is 1. The Morgan fingerprint density at radius 1 is 1.57 bits per heavy atom. The molecule has 0 saturated heterocycles. The highest BCUT2D eigenvalue weighted by Crippen LogP contribution is 2.17. The number of hydrogen-bond acceptors (Lipinski definition) is 4. The third kappa shape index (κ3) is 3.31. The lowest BCUT2D eigenvalue weighted by molar-refractivity contribution is 0.0911. The van der Waals surface area contributed by atoms with Gasteiger partial charge in [-0.15, -0.1) is 0 Å². The van der Waals surface area contributed by atoms with Crippen molar-refractivity contribution in [3.05, 3.63) is 45.4 Å². The van der Waals surface area contributed by atoms with Crippen LogP contribution in [0.25, 0.3) is 0 Å². The summed E-state index contributed by atoms with van der Waals surface area (Å²) in [6.45, 7) is 2.19. The summed E-state index contributed by atoms with van der Waals surface area (Å²) in [4.78, 5) is 12.2. The lowest BCUT2D eigenvalue weighted by Gasteiger charge is -2.16. The Hall–Kier alpha value is -1.70. The zero-order valence-electron chi connectivity index (χ0n) is 11.3. The first-order valence-electron chi connectivity index (χ1n) is 6.39. The second-order valence-corrected chi connectivity index (χ2v) is 5.11. The maximum Gasteiger partial charge on any atom is 0.253 e. The number of carbonyl (C=O) groups is 1. The number of carbonyl (C=O) groups excluding carboxylic acids is 1. The van der Waals surface area contributed by atoms with E-state index in [2.05, 4.69) is 15.5 Å². The highest BCUT2D eigenvalue weighted by molar-refractivity contribution is 7.71. The van der Waals surface area contributed by atoms with Gasteiger partial charge in [0.2, 0.25) is 0 Å². The molecule has 8 heteroatoms. The number of aliphatic hydroxyl groups is 1. The van der Waals surface area contributed by atoms with Gasteiger partial charge in [0.05, 0.1) is 17.2 Å². The van der Waals surface area contributed by atoms with Gasteiger partial charge in [0.1, 0.15) is 6.04 Å². The Labute approximate surface area is 131 Å². The second-order valence-electron chi connectivity index (χ2n) is 4.32. The smallest absolute Gasteiger partial charge is 0.253 e. The Kier molecular flexibility index (Phi) is 5.11. The van der Waals surface area contributed by atoms with Crippen LogP contribution in [0.4, 0.5) is 0 Å². The van der Waals surface area contributed by atoms with Crippen LogP contribution in [0.2, 0.25) is 5.02 Å². The largest absolute Gasteiger partial charge is 0.394 e. The van der Waals surface area contributed by atoms with Crippen molar-refractivity contribution in [3.8, 4) is 0 Å². The molecule has 0 aliphatic carbocycles. The van der Waals surface area contributed by atoms with Gasteiger partial charge in [0.25, 0.3) is 5.91 Å². The van der Waals surface area contributed by atoms with Crippen molar-refractivity contribution in [2.24, 2.45) is 0 Å². The number of benzene rings is 1. The minimum absolute atomic E-state index is 0.296. The molecule has 21 heavy (non-hydrogen) atoms. The summed E-state index contributed by atoms with van der Waals surface area (Å²) in [6, 6.07) is 6.04. The van der Waals surface area contributed by atoms with Crippen LogP contribution in [0, 0.1) is 4.77 Å². The van der Waals surface area contributed by atoms with Gasteiger partial charge in [0.15, 0.2) is 10.6 Å². The summed E-state index contributed by atoms with van der Waals surface area (Å²) in [5.41, 5.74) is 0.342. The van der Waals surface area contributed by atoms with Crippen LogP contribution < -0.4 is 5.32 Å². The van der Waals surface area contributed by atoms with Gasteiger partial charge in [-0.25, -0.2) is 0 Å². The molecule has 0 aliphatic rings. The molecule has 2 aromatic rings. The molecule has 6 nitrogen and oxygen atoms in total. The summed E-state index contributed by atoms with van der Waals surface area (Å²) < 4.78 is 2.15. The fourth-order valence-corrected chi connectivity index (χ4v) is 2.46. The van der Waals surface area contributed by atoms with E-state index in [4.69, 9.17) is 23.8 Å². The minimum Gasteiger partial charge on any atom is -0.394 e. The summed E-state index contributed by atoms with van der Waals surface area (Å²) >= 11 is 11.1. The van der Waals surface area contributed by atoms with Crippen molar-refractivity contribution in [2.75, 3.05) is 6.61 Å². The van der Waals surface area contributed by atoms with E-state index in [-0.39, 0.29) is 12.5 Å². The van der Waals surface area contributed by atoms with Crippen LogP contribution in [0.5, 0.6) is 0 Å². The van der Waals surface area contributed by atoms with Gasteiger partial charge < -0.3 is 15.0 Å². The van der Waals surface area contributed by atoms with Crippen LogP contribution in [0.1, 0.15) is 29.1 Å². The molecule has 3 N–H and O–H groups in total. The van der Waals surface area contributed by atoms with Crippen molar-refractivity contribution >= 4 is 29.7 Å². The van der Waals surface area contributed by atoms with E-state index in [9.17, 15) is 9.90 Å². The average molecular weight is 327 g/mol. The third-order valence-corrected chi connectivity index (χ3v) is 3.66. The number of aromatic amines is 1. The highest BCUT2D eigenvalue weighted by Gasteiger charge is 2.21. The number of halogens is 1. The molecule has 112 valence electrons. The number of aliphatic hydroxyl groups excluding tert-OH is 1. The number of hydrogen-bond donors (Lipinski definition) is 3. The zero-order valence-corrected chi connectivity index (χ0v) is 12.9. The molecule has 1 heterocycles. The molecule has 0 saturated carbocycles. The predicted octanol–water partition coefficient (Wildman–Crippen LogP) is 2.08. The lowest BCUT2D eigenvalue weighted by atomic mass is 10.2. The standard InChI is InChI=1S/C13H15ClN4O2S/c1-2-18-11(16-17-13(18)21)10(7-19)15-12(20)8-5-3-4-6-9(8)14/h3-6,10,19H,2,7H2,1H3,(H,15,20)(H,17,21)/t10-/m0/s1. The van der Waals surface area contributed by atoms with E-state index >= 15 is 0 Å². The van der Waals surface area contributed by atoms with Crippen molar-refractivity contribution < 1.29 is 9.90 Å². The molecule has 1 atom stereocenters. The van der Waals surface area contributed by atoms with Gasteiger partial charge in [-0.3, -0.25) is 9.89 Å². The lowest BCUT2D eigenvalue weighted by Crippen LogP contribution is -2.33. The normalized spacial score (nSPS) is 12.1. The predicted molar refractivity (Wildman–Crippen MR) is 81.8 cm³/mol. The minimum atomic E-state index is -0.665. The molecular formula is C13H15ClN4O2S. The van der Waals surface area contributed by atoms with Crippen LogP contribution in [-0.4, -0.2) is 32.4 Å². The van der Waals surface area contributed by atoms with E-state index in [1.54, 1.807) is 28.8 Å². The maximum absolute atomic E-state index is 12.2. The summed E-state index contributed by atoms with van der Waals surface area (Å²) in [6.07, 6.45) is 0. The molecule has 0 radical (unpaired) electrons. The number of amides is 1. The highest BCUT2D eigenvalue weighted by atomic mass is 35.5. The van der Waals surface area contributed by atoms with Crippen LogP contribution in [0.15, 0.2) is 24.3 Å². The van der Waals surface area contributed by atoms with E-state index in [1.165, 1.54) is 0 Å². The van der Waals surface area contributed by atoms with Crippen LogP contribution in [0.3, 0.4) is 0 Å². The van der Waals surface area contributed by atoms with Gasteiger partial charge in [0, 0.05) is 6.54 Å². The average Bonchev–Trinajstić information content (AvgIpc) is 2.85. The van der Waals surface area contributed by atoms with Gasteiger partial charge in [-0.1, -0.05) is 23.7 Å². The Bertz CT molecular complexity index is 697. The molecule has 1 aromatic carbocycles. The first-order chi connectivity index (χ1) is 10.1. The third-order valence-electron chi connectivity index (χ3n) is 3.02. The van der Waals surface area contributed by atoms with E-state index in [0.717, 1.165) is 0 Å². The van der Waals surface area contributed by atoms with Crippen molar-refractivity contribution in [2.45, 2.75) is 19.5 Å². The Balaban J connectivity index is 2.25. The number of rotatable bonds is 5. The first kappa shape index (κ1) is 15.7. The SMILES string of the molecule is CCn1c([C@H](CO)NC(=O)c2ccccc2Cl)n[nH]c1=S.